The summed E-state index contributed by atoms with van der Waals surface area (Å²) in [7, 11) is 0. The molecule has 1 atom stereocenters. The van der Waals surface area contributed by atoms with Gasteiger partial charge in [0.25, 0.3) is 11.8 Å². The van der Waals surface area contributed by atoms with E-state index in [0.29, 0.717) is 23.7 Å². The molecule has 2 aromatic rings. The molecule has 0 bridgehead atoms. The number of hydrogen-bond acceptors (Lipinski definition) is 5. The molecular formula is C22H23N3O4. The number of carbonyl (C=O) groups is 2. The second-order valence-corrected chi connectivity index (χ2v) is 6.17. The lowest BCUT2D eigenvalue weighted by molar-refractivity contribution is -0.120. The molecule has 150 valence electrons. The Labute approximate surface area is 169 Å². The molecule has 7 heteroatoms. The minimum absolute atomic E-state index is 0.0407. The van der Waals surface area contributed by atoms with Crippen LogP contribution in [0.5, 0.6) is 11.5 Å². The fourth-order valence-corrected chi connectivity index (χ4v) is 2.57. The summed E-state index contributed by atoms with van der Waals surface area (Å²) in [6, 6.07) is 16.0. The van der Waals surface area contributed by atoms with Crippen molar-refractivity contribution in [1.29, 1.82) is 5.26 Å². The normalized spacial score (nSPS) is 11.8. The fourth-order valence-electron chi connectivity index (χ4n) is 2.57. The smallest absolute Gasteiger partial charge is 0.262 e. The van der Waals surface area contributed by atoms with Gasteiger partial charge in [0.05, 0.1) is 12.6 Å². The van der Waals surface area contributed by atoms with Gasteiger partial charge in [-0.25, -0.2) is 0 Å². The van der Waals surface area contributed by atoms with E-state index in [1.165, 1.54) is 6.08 Å². The molecule has 0 heterocycles. The number of nitrogens with two attached hydrogens (primary N) is 1. The molecule has 0 saturated carbocycles. The van der Waals surface area contributed by atoms with Gasteiger partial charge in [-0.1, -0.05) is 36.4 Å². The minimum Gasteiger partial charge on any atom is -0.490 e. The lowest BCUT2D eigenvalue weighted by atomic mass is 10.1. The number of carbonyl (C=O) groups excluding carboxylic acids is 2. The van der Waals surface area contributed by atoms with Gasteiger partial charge in [-0.2, -0.15) is 5.26 Å². The second-order valence-electron chi connectivity index (χ2n) is 6.17. The molecule has 29 heavy (non-hydrogen) atoms. The summed E-state index contributed by atoms with van der Waals surface area (Å²) in [5, 5.41) is 12.2. The van der Waals surface area contributed by atoms with Crippen molar-refractivity contribution in [3.63, 3.8) is 0 Å². The van der Waals surface area contributed by atoms with Crippen LogP contribution in [-0.2, 0) is 9.59 Å². The SMILES string of the molecule is CCOc1cc(/C=C(\C#N)C(=O)N[C@H](C)c2ccccc2)ccc1OCC(N)=O. The molecule has 3 N–H and O–H groups in total. The molecule has 2 aromatic carbocycles. The first-order valence-electron chi connectivity index (χ1n) is 9.10. The lowest BCUT2D eigenvalue weighted by Gasteiger charge is -2.14. The van der Waals surface area contributed by atoms with Gasteiger partial charge in [-0.15, -0.1) is 0 Å². The van der Waals surface area contributed by atoms with Crippen LogP contribution in [0.25, 0.3) is 6.08 Å². The molecule has 0 aliphatic carbocycles. The highest BCUT2D eigenvalue weighted by molar-refractivity contribution is 6.01. The highest BCUT2D eigenvalue weighted by atomic mass is 16.5. The predicted molar refractivity (Wildman–Crippen MR) is 109 cm³/mol. The van der Waals surface area contributed by atoms with Crippen LogP contribution in [0.1, 0.15) is 31.0 Å². The number of benzene rings is 2. The molecule has 0 spiro atoms. The van der Waals surface area contributed by atoms with Crippen molar-refractivity contribution in [1.82, 2.24) is 5.32 Å². The van der Waals surface area contributed by atoms with Gasteiger partial charge in [0.15, 0.2) is 18.1 Å². The monoisotopic (exact) mass is 393 g/mol. The zero-order valence-electron chi connectivity index (χ0n) is 16.3. The Morgan fingerprint density at radius 2 is 1.90 bits per heavy atom. The van der Waals surface area contributed by atoms with Crippen LogP contribution in [0.3, 0.4) is 0 Å². The van der Waals surface area contributed by atoms with E-state index >= 15 is 0 Å². The Balaban J connectivity index is 2.20. The molecule has 0 aliphatic rings. The maximum atomic E-state index is 12.5. The average molecular weight is 393 g/mol. The Bertz CT molecular complexity index is 933. The summed E-state index contributed by atoms with van der Waals surface area (Å²) < 4.78 is 10.8. The molecule has 2 amide bonds. The zero-order valence-corrected chi connectivity index (χ0v) is 16.3. The number of ether oxygens (including phenoxy) is 2. The van der Waals surface area contributed by atoms with Gasteiger partial charge in [0.1, 0.15) is 11.6 Å². The molecule has 0 aliphatic heterocycles. The van der Waals surface area contributed by atoms with Gasteiger partial charge < -0.3 is 20.5 Å². The number of amides is 2. The summed E-state index contributed by atoms with van der Waals surface area (Å²) in [5.41, 5.74) is 6.58. The number of rotatable bonds is 9. The molecule has 0 unspecified atom stereocenters. The molecule has 2 rings (SSSR count). The highest BCUT2D eigenvalue weighted by Crippen LogP contribution is 2.29. The van der Waals surface area contributed by atoms with E-state index in [-0.39, 0.29) is 18.2 Å². The maximum absolute atomic E-state index is 12.5. The predicted octanol–water partition coefficient (Wildman–Crippen LogP) is 2.73. The van der Waals surface area contributed by atoms with E-state index in [1.54, 1.807) is 25.1 Å². The van der Waals surface area contributed by atoms with Crippen molar-refractivity contribution < 1.29 is 19.1 Å². The second kappa shape index (κ2) is 10.5. The Hall–Kier alpha value is -3.79. The van der Waals surface area contributed by atoms with Gasteiger partial charge in [0, 0.05) is 0 Å². The first-order valence-corrected chi connectivity index (χ1v) is 9.10. The van der Waals surface area contributed by atoms with Gasteiger partial charge in [-0.05, 0) is 43.2 Å². The quantitative estimate of drug-likeness (QED) is 0.502. The summed E-state index contributed by atoms with van der Waals surface area (Å²) >= 11 is 0. The lowest BCUT2D eigenvalue weighted by Crippen LogP contribution is -2.27. The Kier molecular flexibility index (Phi) is 7.80. The summed E-state index contributed by atoms with van der Waals surface area (Å²) in [6.45, 7) is 3.75. The van der Waals surface area contributed by atoms with E-state index in [2.05, 4.69) is 5.32 Å². The van der Waals surface area contributed by atoms with E-state index in [9.17, 15) is 14.9 Å². The van der Waals surface area contributed by atoms with Crippen molar-refractivity contribution in [3.8, 4) is 17.6 Å². The van der Waals surface area contributed by atoms with Crippen molar-refractivity contribution >= 4 is 17.9 Å². The number of nitrogens with one attached hydrogen (secondary N) is 1. The Morgan fingerprint density at radius 3 is 2.52 bits per heavy atom. The van der Waals surface area contributed by atoms with Crippen LogP contribution >= 0.6 is 0 Å². The van der Waals surface area contributed by atoms with E-state index < -0.39 is 11.8 Å². The Morgan fingerprint density at radius 1 is 1.17 bits per heavy atom. The minimum atomic E-state index is -0.604. The largest absolute Gasteiger partial charge is 0.490 e. The summed E-state index contributed by atoms with van der Waals surface area (Å²) in [6.07, 6.45) is 1.47. The highest BCUT2D eigenvalue weighted by Gasteiger charge is 2.14. The van der Waals surface area contributed by atoms with Crippen molar-refractivity contribution in [3.05, 3.63) is 65.2 Å². The van der Waals surface area contributed by atoms with E-state index in [0.717, 1.165) is 5.56 Å². The van der Waals surface area contributed by atoms with Crippen molar-refractivity contribution in [2.45, 2.75) is 19.9 Å². The van der Waals surface area contributed by atoms with Crippen molar-refractivity contribution in [2.24, 2.45) is 5.73 Å². The molecule has 7 nitrogen and oxygen atoms in total. The van der Waals surface area contributed by atoms with Crippen molar-refractivity contribution in [2.75, 3.05) is 13.2 Å². The van der Waals surface area contributed by atoms with Gasteiger partial charge in [0.2, 0.25) is 0 Å². The zero-order chi connectivity index (χ0) is 21.2. The number of nitrogens with zero attached hydrogens (tertiary/aromatic N) is 1. The van der Waals surface area contributed by atoms with E-state index in [1.807, 2.05) is 43.3 Å². The fraction of sp³-hybridized carbons (Fsp3) is 0.227. The van der Waals surface area contributed by atoms with Crippen LogP contribution in [0, 0.1) is 11.3 Å². The molecular weight excluding hydrogens is 370 g/mol. The topological polar surface area (TPSA) is 114 Å². The van der Waals surface area contributed by atoms with Crippen LogP contribution < -0.4 is 20.5 Å². The summed E-state index contributed by atoms with van der Waals surface area (Å²) in [4.78, 5) is 23.4. The molecule has 0 saturated heterocycles. The summed E-state index contributed by atoms with van der Waals surface area (Å²) in [5.74, 6) is -0.343. The van der Waals surface area contributed by atoms with Crippen LogP contribution in [0.2, 0.25) is 0 Å². The molecule has 0 aromatic heterocycles. The molecule has 0 fully saturated rings. The standard InChI is InChI=1S/C22H23N3O4/c1-3-28-20-12-16(9-10-19(20)29-14-21(24)26)11-18(13-23)22(27)25-15(2)17-7-5-4-6-8-17/h4-12,15H,3,14H2,1-2H3,(H2,24,26)(H,25,27)/b18-11+/t15-/m1/s1. The number of nitriles is 1. The van der Waals surface area contributed by atoms with Gasteiger partial charge >= 0.3 is 0 Å². The first kappa shape index (κ1) is 21.5. The van der Waals surface area contributed by atoms with Crippen LogP contribution in [0.15, 0.2) is 54.1 Å². The molecule has 0 radical (unpaired) electrons. The third-order valence-corrected chi connectivity index (χ3v) is 3.96. The third-order valence-electron chi connectivity index (χ3n) is 3.96. The number of primary amides is 1. The average Bonchev–Trinajstić information content (AvgIpc) is 2.72. The third kappa shape index (κ3) is 6.40. The number of hydrogen-bond donors (Lipinski definition) is 2. The maximum Gasteiger partial charge on any atom is 0.262 e. The van der Waals surface area contributed by atoms with Crippen LogP contribution in [-0.4, -0.2) is 25.0 Å². The van der Waals surface area contributed by atoms with E-state index in [4.69, 9.17) is 15.2 Å². The first-order chi connectivity index (χ1) is 13.9. The van der Waals surface area contributed by atoms with Gasteiger partial charge in [-0.3, -0.25) is 9.59 Å². The van der Waals surface area contributed by atoms with Crippen LogP contribution in [0.4, 0.5) is 0 Å².